The minimum absolute atomic E-state index is 0.0328. The number of hydrogen-bond donors (Lipinski definition) is 1. The smallest absolute Gasteiger partial charge is 0.243 e. The summed E-state index contributed by atoms with van der Waals surface area (Å²) < 4.78 is 26.6. The van der Waals surface area contributed by atoms with Crippen LogP contribution in [0.3, 0.4) is 0 Å². The van der Waals surface area contributed by atoms with Crippen LogP contribution in [0.2, 0.25) is 0 Å². The van der Waals surface area contributed by atoms with Gasteiger partial charge in [0.25, 0.3) is 0 Å². The molecule has 0 bridgehead atoms. The van der Waals surface area contributed by atoms with Gasteiger partial charge >= 0.3 is 0 Å². The fourth-order valence-corrected chi connectivity index (χ4v) is 5.68. The second kappa shape index (κ2) is 14.8. The van der Waals surface area contributed by atoms with Crippen molar-refractivity contribution >= 4 is 27.5 Å². The van der Waals surface area contributed by atoms with Crippen molar-refractivity contribution in [3.63, 3.8) is 0 Å². The zero-order valence-electron chi connectivity index (χ0n) is 24.8. The van der Waals surface area contributed by atoms with E-state index in [0.717, 1.165) is 28.7 Å². The monoisotopic (exact) mass is 577 g/mol. The van der Waals surface area contributed by atoms with E-state index in [0.29, 0.717) is 18.5 Å². The van der Waals surface area contributed by atoms with E-state index in [1.165, 1.54) is 10.6 Å². The summed E-state index contributed by atoms with van der Waals surface area (Å²) in [6.45, 7) is 8.34. The topological polar surface area (TPSA) is 86.8 Å². The Labute approximate surface area is 245 Å². The van der Waals surface area contributed by atoms with Gasteiger partial charge in [0.1, 0.15) is 6.04 Å². The Morgan fingerprint density at radius 3 is 2.15 bits per heavy atom. The maximum absolute atomic E-state index is 13.9. The van der Waals surface area contributed by atoms with Crippen LogP contribution < -0.4 is 9.62 Å². The van der Waals surface area contributed by atoms with Crippen molar-refractivity contribution < 1.29 is 18.0 Å². The summed E-state index contributed by atoms with van der Waals surface area (Å²) in [4.78, 5) is 29.2. The van der Waals surface area contributed by atoms with Crippen molar-refractivity contribution in [3.8, 4) is 0 Å². The minimum atomic E-state index is -3.54. The molecule has 0 radical (unpaired) electrons. The second-order valence-electron chi connectivity index (χ2n) is 10.8. The SMILES string of the molecule is CC[C@H](C)NC(=O)[C@@H](Cc1ccccc1)N(Cc1cccc(C)c1)C(=O)CCCN(c1ccc(C)cc1)S(C)(=O)=O. The highest BCUT2D eigenvalue weighted by molar-refractivity contribution is 7.92. The molecule has 0 spiro atoms. The Bertz CT molecular complexity index is 1390. The van der Waals surface area contributed by atoms with Crippen LogP contribution in [-0.4, -0.2) is 50.0 Å². The molecule has 3 rings (SSSR count). The van der Waals surface area contributed by atoms with Crippen molar-refractivity contribution in [3.05, 3.63) is 101 Å². The molecule has 0 heterocycles. The Morgan fingerprint density at radius 1 is 0.878 bits per heavy atom. The predicted molar refractivity (Wildman–Crippen MR) is 166 cm³/mol. The summed E-state index contributed by atoms with van der Waals surface area (Å²) in [6, 6.07) is 24.2. The quantitative estimate of drug-likeness (QED) is 0.278. The number of hydrogen-bond acceptors (Lipinski definition) is 4. The number of amides is 2. The first-order chi connectivity index (χ1) is 19.5. The van der Waals surface area contributed by atoms with Crippen molar-refractivity contribution in [2.45, 2.75) is 72.0 Å². The number of anilines is 1. The molecule has 3 aromatic rings. The van der Waals surface area contributed by atoms with E-state index in [9.17, 15) is 18.0 Å². The van der Waals surface area contributed by atoms with Gasteiger partial charge in [0, 0.05) is 32.0 Å². The number of aryl methyl sites for hydroxylation is 2. The number of carbonyl (C=O) groups is 2. The van der Waals surface area contributed by atoms with E-state index in [-0.39, 0.29) is 37.4 Å². The zero-order chi connectivity index (χ0) is 30.0. The van der Waals surface area contributed by atoms with Crippen molar-refractivity contribution in [2.24, 2.45) is 0 Å². The number of nitrogens with zero attached hydrogens (tertiary/aromatic N) is 2. The van der Waals surface area contributed by atoms with Crippen LogP contribution in [-0.2, 0) is 32.6 Å². The second-order valence-corrected chi connectivity index (χ2v) is 12.7. The van der Waals surface area contributed by atoms with E-state index in [1.54, 1.807) is 17.0 Å². The van der Waals surface area contributed by atoms with Crippen LogP contribution in [0.5, 0.6) is 0 Å². The highest BCUT2D eigenvalue weighted by atomic mass is 32.2. The number of rotatable bonds is 14. The summed E-state index contributed by atoms with van der Waals surface area (Å²) >= 11 is 0. The third-order valence-electron chi connectivity index (χ3n) is 7.18. The third kappa shape index (κ3) is 9.74. The summed E-state index contributed by atoms with van der Waals surface area (Å²) in [6.07, 6.45) is 2.74. The van der Waals surface area contributed by atoms with Crippen molar-refractivity contribution in [1.82, 2.24) is 10.2 Å². The molecule has 2 amide bonds. The maximum Gasteiger partial charge on any atom is 0.243 e. The molecule has 0 unspecified atom stereocenters. The number of sulfonamides is 1. The van der Waals surface area contributed by atoms with E-state index in [4.69, 9.17) is 0 Å². The summed E-state index contributed by atoms with van der Waals surface area (Å²) in [5.74, 6) is -0.384. The van der Waals surface area contributed by atoms with Crippen LogP contribution in [0.15, 0.2) is 78.9 Å². The summed E-state index contributed by atoms with van der Waals surface area (Å²) in [5.41, 5.74) is 4.56. The van der Waals surface area contributed by atoms with Gasteiger partial charge in [-0.2, -0.15) is 0 Å². The molecule has 0 aliphatic carbocycles. The first-order valence-electron chi connectivity index (χ1n) is 14.2. The van der Waals surface area contributed by atoms with Crippen LogP contribution in [0.4, 0.5) is 5.69 Å². The van der Waals surface area contributed by atoms with Crippen LogP contribution >= 0.6 is 0 Å². The Hall–Kier alpha value is -3.65. The van der Waals surface area contributed by atoms with Gasteiger partial charge in [0.2, 0.25) is 21.8 Å². The fraction of sp³-hybridized carbons (Fsp3) is 0.394. The van der Waals surface area contributed by atoms with Gasteiger partial charge in [0.15, 0.2) is 0 Å². The average molecular weight is 578 g/mol. The zero-order valence-corrected chi connectivity index (χ0v) is 25.7. The molecule has 3 aromatic carbocycles. The predicted octanol–water partition coefficient (Wildman–Crippen LogP) is 5.40. The fourth-order valence-electron chi connectivity index (χ4n) is 4.72. The van der Waals surface area contributed by atoms with Gasteiger partial charge in [-0.05, 0) is 56.9 Å². The Balaban J connectivity index is 1.89. The van der Waals surface area contributed by atoms with E-state index in [2.05, 4.69) is 5.32 Å². The molecule has 0 fully saturated rings. The van der Waals surface area contributed by atoms with Crippen molar-refractivity contribution in [2.75, 3.05) is 17.1 Å². The summed E-state index contributed by atoms with van der Waals surface area (Å²) in [7, 11) is -3.54. The van der Waals surface area contributed by atoms with Crippen molar-refractivity contribution in [1.29, 1.82) is 0 Å². The largest absolute Gasteiger partial charge is 0.352 e. The molecule has 0 aromatic heterocycles. The summed E-state index contributed by atoms with van der Waals surface area (Å²) in [5, 5.41) is 3.08. The molecule has 0 aliphatic rings. The number of nitrogens with one attached hydrogen (secondary N) is 1. The minimum Gasteiger partial charge on any atom is -0.352 e. The Morgan fingerprint density at radius 2 is 1.54 bits per heavy atom. The van der Waals surface area contributed by atoms with Gasteiger partial charge in [-0.25, -0.2) is 8.42 Å². The van der Waals surface area contributed by atoms with Gasteiger partial charge < -0.3 is 10.2 Å². The Kier molecular flexibility index (Phi) is 11.5. The molecule has 220 valence electrons. The van der Waals surface area contributed by atoms with E-state index >= 15 is 0 Å². The average Bonchev–Trinajstić information content (AvgIpc) is 2.93. The van der Waals surface area contributed by atoms with E-state index in [1.807, 2.05) is 94.4 Å². The van der Waals surface area contributed by atoms with Crippen LogP contribution in [0, 0.1) is 13.8 Å². The van der Waals surface area contributed by atoms with Gasteiger partial charge in [0.05, 0.1) is 11.9 Å². The van der Waals surface area contributed by atoms with E-state index < -0.39 is 16.1 Å². The molecule has 0 aliphatic heterocycles. The van der Waals surface area contributed by atoms with Crippen LogP contribution in [0.25, 0.3) is 0 Å². The third-order valence-corrected chi connectivity index (χ3v) is 8.38. The van der Waals surface area contributed by atoms with Gasteiger partial charge in [-0.1, -0.05) is 84.8 Å². The molecule has 0 saturated carbocycles. The first kappa shape index (κ1) is 31.9. The molecular weight excluding hydrogens is 534 g/mol. The lowest BCUT2D eigenvalue weighted by atomic mass is 10.0. The molecule has 2 atom stereocenters. The number of benzene rings is 3. The lowest BCUT2D eigenvalue weighted by molar-refractivity contribution is -0.141. The van der Waals surface area contributed by atoms with Gasteiger partial charge in [-0.3, -0.25) is 13.9 Å². The molecule has 1 N–H and O–H groups in total. The maximum atomic E-state index is 13.9. The van der Waals surface area contributed by atoms with Gasteiger partial charge in [-0.15, -0.1) is 0 Å². The molecule has 0 saturated heterocycles. The van der Waals surface area contributed by atoms with Crippen LogP contribution in [0.1, 0.15) is 55.4 Å². The lowest BCUT2D eigenvalue weighted by Gasteiger charge is -2.33. The molecular formula is C33H43N3O4S. The lowest BCUT2D eigenvalue weighted by Crippen LogP contribution is -2.52. The highest BCUT2D eigenvalue weighted by Gasteiger charge is 2.31. The molecule has 8 heteroatoms. The standard InChI is InChI=1S/C33H43N3O4S/c1-6-27(4)34-33(38)31(23-28-13-8-7-9-14-28)35(24-29-15-10-12-26(3)22-29)32(37)16-11-21-36(41(5,39)40)30-19-17-25(2)18-20-30/h7-10,12-15,17-20,22,27,31H,6,11,16,21,23-24H2,1-5H3,(H,34,38)/t27-,31+/m0/s1. The molecule has 41 heavy (non-hydrogen) atoms. The highest BCUT2D eigenvalue weighted by Crippen LogP contribution is 2.21. The first-order valence-corrected chi connectivity index (χ1v) is 16.1. The normalized spacial score (nSPS) is 12.8. The number of carbonyl (C=O) groups excluding carboxylic acids is 2. The molecule has 7 nitrogen and oxygen atoms in total.